The maximum absolute atomic E-state index is 12.5. The van der Waals surface area contributed by atoms with E-state index in [1.54, 1.807) is 6.07 Å². The first-order chi connectivity index (χ1) is 8.63. The molecule has 98 valence electrons. The molecule has 18 heavy (non-hydrogen) atoms. The predicted octanol–water partition coefficient (Wildman–Crippen LogP) is 3.79. The quantitative estimate of drug-likeness (QED) is 0.775. The first-order valence-electron chi connectivity index (χ1n) is 6.25. The number of likely N-dealkylation sites (tertiary alicyclic amines) is 1. The van der Waals surface area contributed by atoms with E-state index in [1.807, 2.05) is 4.90 Å². The number of halogens is 2. The summed E-state index contributed by atoms with van der Waals surface area (Å²) in [5.74, 6) is -0.0316. The van der Waals surface area contributed by atoms with Crippen molar-refractivity contribution in [3.05, 3.63) is 28.0 Å². The molecule has 3 nitrogen and oxygen atoms in total. The lowest BCUT2D eigenvalue weighted by atomic mass is 9.99. The summed E-state index contributed by atoms with van der Waals surface area (Å²) in [6, 6.07) is 1.86. The van der Waals surface area contributed by atoms with Gasteiger partial charge in [0.1, 0.15) is 5.15 Å². The smallest absolute Gasteiger partial charge is 0.255 e. The van der Waals surface area contributed by atoms with Crippen LogP contribution in [0.2, 0.25) is 10.2 Å². The van der Waals surface area contributed by atoms with Crippen LogP contribution in [-0.2, 0) is 0 Å². The van der Waals surface area contributed by atoms with Gasteiger partial charge in [-0.1, -0.05) is 30.1 Å². The number of pyridine rings is 1. The van der Waals surface area contributed by atoms with E-state index in [2.05, 4.69) is 11.9 Å². The summed E-state index contributed by atoms with van der Waals surface area (Å²) in [6.45, 7) is 2.91. The van der Waals surface area contributed by atoms with Crippen molar-refractivity contribution in [3.63, 3.8) is 0 Å². The maximum Gasteiger partial charge on any atom is 0.255 e. The average Bonchev–Trinajstić information content (AvgIpc) is 2.40. The third-order valence-electron chi connectivity index (χ3n) is 3.41. The molecule has 1 unspecified atom stereocenters. The van der Waals surface area contributed by atoms with Gasteiger partial charge in [0.25, 0.3) is 5.91 Å². The van der Waals surface area contributed by atoms with E-state index >= 15 is 0 Å². The van der Waals surface area contributed by atoms with Crippen molar-refractivity contribution >= 4 is 29.1 Å². The van der Waals surface area contributed by atoms with Gasteiger partial charge in [-0.2, -0.15) is 0 Å². The van der Waals surface area contributed by atoms with E-state index < -0.39 is 0 Å². The second-order valence-electron chi connectivity index (χ2n) is 4.54. The molecule has 1 fully saturated rings. The zero-order chi connectivity index (χ0) is 13.1. The molecule has 0 N–H and O–H groups in total. The summed E-state index contributed by atoms with van der Waals surface area (Å²) >= 11 is 11.9. The fourth-order valence-corrected chi connectivity index (χ4v) is 2.77. The minimum absolute atomic E-state index is 0.0316. The molecule has 0 aromatic carbocycles. The highest BCUT2D eigenvalue weighted by Gasteiger charge is 2.27. The highest BCUT2D eigenvalue weighted by Crippen LogP contribution is 2.25. The van der Waals surface area contributed by atoms with E-state index in [0.717, 1.165) is 25.8 Å². The number of rotatable bonds is 2. The van der Waals surface area contributed by atoms with Crippen LogP contribution in [0.15, 0.2) is 12.3 Å². The van der Waals surface area contributed by atoms with Gasteiger partial charge in [-0.15, -0.1) is 0 Å². The average molecular weight is 287 g/mol. The zero-order valence-corrected chi connectivity index (χ0v) is 11.8. The third kappa shape index (κ3) is 2.78. The molecule has 0 spiro atoms. The second-order valence-corrected chi connectivity index (χ2v) is 5.34. The largest absolute Gasteiger partial charge is 0.336 e. The standard InChI is InChI=1S/C13H16Cl2N2O/c1-2-9-5-3-4-6-17(9)13(18)10-7-12(15)16-8-11(10)14/h7-9H,2-6H2,1H3. The van der Waals surface area contributed by atoms with Crippen LogP contribution in [0.25, 0.3) is 0 Å². The van der Waals surface area contributed by atoms with Crippen LogP contribution in [0.1, 0.15) is 43.0 Å². The summed E-state index contributed by atoms with van der Waals surface area (Å²) in [5.41, 5.74) is 0.456. The summed E-state index contributed by atoms with van der Waals surface area (Å²) in [5, 5.41) is 0.664. The Hall–Kier alpha value is -0.800. The van der Waals surface area contributed by atoms with Gasteiger partial charge in [0.15, 0.2) is 0 Å². The number of carbonyl (C=O) groups is 1. The van der Waals surface area contributed by atoms with Crippen molar-refractivity contribution in [1.29, 1.82) is 0 Å². The molecule has 1 atom stereocenters. The van der Waals surface area contributed by atoms with Gasteiger partial charge in [0.05, 0.1) is 10.6 Å². The number of hydrogen-bond donors (Lipinski definition) is 0. The van der Waals surface area contributed by atoms with E-state index in [4.69, 9.17) is 23.2 Å². The molecule has 0 bridgehead atoms. The third-order valence-corrected chi connectivity index (χ3v) is 3.92. The van der Waals surface area contributed by atoms with Crippen LogP contribution in [0.5, 0.6) is 0 Å². The van der Waals surface area contributed by atoms with Crippen molar-refractivity contribution in [2.45, 2.75) is 38.6 Å². The van der Waals surface area contributed by atoms with E-state index in [9.17, 15) is 4.79 Å². The molecular formula is C13H16Cl2N2O. The maximum atomic E-state index is 12.5. The Kier molecular flexibility index (Phi) is 4.46. The Morgan fingerprint density at radius 3 is 3.00 bits per heavy atom. The first-order valence-corrected chi connectivity index (χ1v) is 7.01. The molecule has 2 heterocycles. The molecule has 5 heteroatoms. The van der Waals surface area contributed by atoms with E-state index in [-0.39, 0.29) is 5.91 Å². The van der Waals surface area contributed by atoms with Crippen LogP contribution < -0.4 is 0 Å². The minimum atomic E-state index is -0.0316. The SMILES string of the molecule is CCC1CCCCN1C(=O)c1cc(Cl)ncc1Cl. The van der Waals surface area contributed by atoms with Gasteiger partial charge in [0.2, 0.25) is 0 Å². The minimum Gasteiger partial charge on any atom is -0.336 e. The molecule has 2 rings (SSSR count). The number of carbonyl (C=O) groups excluding carboxylic acids is 1. The van der Waals surface area contributed by atoms with Crippen molar-refractivity contribution in [3.8, 4) is 0 Å². The van der Waals surface area contributed by atoms with Crippen molar-refractivity contribution < 1.29 is 4.79 Å². The number of piperidine rings is 1. The predicted molar refractivity (Wildman–Crippen MR) is 73.2 cm³/mol. The van der Waals surface area contributed by atoms with Crippen LogP contribution in [-0.4, -0.2) is 28.4 Å². The van der Waals surface area contributed by atoms with E-state index in [1.165, 1.54) is 12.6 Å². The fraction of sp³-hybridized carbons (Fsp3) is 0.538. The van der Waals surface area contributed by atoms with Crippen LogP contribution >= 0.6 is 23.2 Å². The Balaban J connectivity index is 2.26. The van der Waals surface area contributed by atoms with Crippen LogP contribution in [0, 0.1) is 0 Å². The van der Waals surface area contributed by atoms with E-state index in [0.29, 0.717) is 21.8 Å². The molecule has 1 amide bonds. The molecule has 1 saturated heterocycles. The van der Waals surface area contributed by atoms with Crippen molar-refractivity contribution in [2.24, 2.45) is 0 Å². The van der Waals surface area contributed by atoms with Gasteiger partial charge >= 0.3 is 0 Å². The summed E-state index contributed by atoms with van der Waals surface area (Å²) < 4.78 is 0. The van der Waals surface area contributed by atoms with Gasteiger partial charge < -0.3 is 4.90 Å². The van der Waals surface area contributed by atoms with Gasteiger partial charge in [-0.3, -0.25) is 4.79 Å². The first kappa shape index (κ1) is 13.6. The lowest BCUT2D eigenvalue weighted by Crippen LogP contribution is -2.43. The highest BCUT2D eigenvalue weighted by molar-refractivity contribution is 6.35. The number of amides is 1. The molecule has 1 aromatic heterocycles. The lowest BCUT2D eigenvalue weighted by molar-refractivity contribution is 0.0608. The van der Waals surface area contributed by atoms with Gasteiger partial charge in [-0.05, 0) is 31.7 Å². The molecule has 1 aliphatic rings. The fourth-order valence-electron chi connectivity index (χ4n) is 2.42. The molecular weight excluding hydrogens is 271 g/mol. The Labute approximate surface area is 117 Å². The number of hydrogen-bond acceptors (Lipinski definition) is 2. The summed E-state index contributed by atoms with van der Waals surface area (Å²) in [4.78, 5) is 18.3. The highest BCUT2D eigenvalue weighted by atomic mass is 35.5. The van der Waals surface area contributed by atoms with Crippen LogP contribution in [0.4, 0.5) is 0 Å². The zero-order valence-electron chi connectivity index (χ0n) is 10.3. The monoisotopic (exact) mass is 286 g/mol. The normalized spacial score (nSPS) is 19.9. The Morgan fingerprint density at radius 1 is 1.50 bits per heavy atom. The van der Waals surface area contributed by atoms with Crippen molar-refractivity contribution in [1.82, 2.24) is 9.88 Å². The summed E-state index contributed by atoms with van der Waals surface area (Å²) in [7, 11) is 0. The van der Waals surface area contributed by atoms with Crippen molar-refractivity contribution in [2.75, 3.05) is 6.54 Å². The molecule has 0 aliphatic carbocycles. The topological polar surface area (TPSA) is 33.2 Å². The summed E-state index contributed by atoms with van der Waals surface area (Å²) in [6.07, 6.45) is 5.72. The lowest BCUT2D eigenvalue weighted by Gasteiger charge is -2.35. The molecule has 1 aliphatic heterocycles. The number of nitrogens with zero attached hydrogens (tertiary/aromatic N) is 2. The molecule has 0 radical (unpaired) electrons. The number of aromatic nitrogens is 1. The molecule has 0 saturated carbocycles. The Bertz CT molecular complexity index is 451. The molecule has 1 aromatic rings. The Morgan fingerprint density at radius 2 is 2.28 bits per heavy atom. The second kappa shape index (κ2) is 5.89. The van der Waals surface area contributed by atoms with Crippen LogP contribution in [0.3, 0.4) is 0 Å². The van der Waals surface area contributed by atoms with Gasteiger partial charge in [0, 0.05) is 18.8 Å². The van der Waals surface area contributed by atoms with Gasteiger partial charge in [-0.25, -0.2) is 4.98 Å².